The van der Waals surface area contributed by atoms with Crippen molar-refractivity contribution >= 4 is 52.8 Å². The first-order valence-electron chi connectivity index (χ1n) is 14.9. The Labute approximate surface area is 325 Å². The first-order chi connectivity index (χ1) is 21.5. The Morgan fingerprint density at radius 3 is 2.40 bits per heavy atom. The van der Waals surface area contributed by atoms with E-state index in [2.05, 4.69) is 6.58 Å². The molecule has 47 heavy (non-hydrogen) atoms. The van der Waals surface area contributed by atoms with E-state index in [9.17, 15) is 24.6 Å². The van der Waals surface area contributed by atoms with Gasteiger partial charge in [-0.25, -0.2) is 9.98 Å². The summed E-state index contributed by atoms with van der Waals surface area (Å²) in [6, 6.07) is 0. The molecule has 0 unspecified atom stereocenters. The second-order valence-corrected chi connectivity index (χ2v) is 11.7. The van der Waals surface area contributed by atoms with E-state index >= 15 is 0 Å². The zero-order valence-corrected chi connectivity index (χ0v) is 31.1. The van der Waals surface area contributed by atoms with E-state index in [0.29, 0.717) is 73.6 Å². The van der Waals surface area contributed by atoms with Gasteiger partial charge >= 0.3 is 63.3 Å². The number of aliphatic imine (C=N–C) groups is 3. The molecule has 0 amide bonds. The minimum atomic E-state index is -1.17. The molecule has 1 aromatic heterocycles. The van der Waals surface area contributed by atoms with E-state index in [1.54, 1.807) is 18.2 Å². The maximum atomic E-state index is 13.2. The Kier molecular flexibility index (Phi) is 11.2. The quantitative estimate of drug-likeness (QED) is 0.239. The third kappa shape index (κ3) is 5.99. The van der Waals surface area contributed by atoms with Crippen LogP contribution in [0, 0.1) is 24.7 Å². The Morgan fingerprint density at radius 1 is 1.09 bits per heavy atom. The summed E-state index contributed by atoms with van der Waals surface area (Å²) < 4.78 is 5.13. The van der Waals surface area contributed by atoms with Crippen molar-refractivity contribution < 1.29 is 97.8 Å². The van der Waals surface area contributed by atoms with Gasteiger partial charge < -0.3 is 19.9 Å². The summed E-state index contributed by atoms with van der Waals surface area (Å²) in [5.41, 5.74) is 7.90. The summed E-state index contributed by atoms with van der Waals surface area (Å²) in [6.07, 6.45) is 8.67. The number of carbonyl (C=O) groups excluding carboxylic acids is 2. The molecule has 2 N–H and O–H groups in total. The molecule has 4 aliphatic heterocycles. The van der Waals surface area contributed by atoms with Crippen LogP contribution in [0.1, 0.15) is 51.3 Å². The normalized spacial score (nSPS) is 22.4. The van der Waals surface area contributed by atoms with Crippen molar-refractivity contribution in [2.75, 3.05) is 7.11 Å². The van der Waals surface area contributed by atoms with E-state index in [-0.39, 0.29) is 98.9 Å². The summed E-state index contributed by atoms with van der Waals surface area (Å²) in [7, 11) is 1.26. The monoisotopic (exact) mass is 707 g/mol. The maximum absolute atomic E-state index is 13.2. The molecule has 0 aromatic carbocycles. The van der Waals surface area contributed by atoms with Crippen LogP contribution < -0.4 is 66.9 Å². The van der Waals surface area contributed by atoms with Crippen LogP contribution in [0.2, 0.25) is 0 Å². The zero-order valence-electron chi connectivity index (χ0n) is 27.1. The number of allylic oxidation sites excluding steroid dienone is 7. The number of aliphatic hydroxyl groups is 1. The number of carboxylic acids is 1. The largest absolute Gasteiger partial charge is 1.00 e. The zero-order chi connectivity index (χ0) is 32.3. The second kappa shape index (κ2) is 14.3. The molecule has 241 valence electrons. The minimum absolute atomic E-state index is 0. The van der Waals surface area contributed by atoms with Gasteiger partial charge in [-0.3, -0.25) is 19.4 Å². The Bertz CT molecular complexity index is 2020. The number of methoxy groups -OCH3 is 1. The van der Waals surface area contributed by atoms with Gasteiger partial charge in [0.15, 0.2) is 6.29 Å². The van der Waals surface area contributed by atoms with Crippen LogP contribution in [0.15, 0.2) is 79.2 Å². The van der Waals surface area contributed by atoms with Crippen LogP contribution in [0.25, 0.3) is 17.4 Å². The van der Waals surface area contributed by atoms with Crippen LogP contribution in [0.5, 0.6) is 0 Å². The molecule has 5 heterocycles. The van der Waals surface area contributed by atoms with Gasteiger partial charge in [-0.2, -0.15) is 0 Å². The van der Waals surface area contributed by atoms with Crippen molar-refractivity contribution in [1.29, 1.82) is 0 Å². The molecule has 6 rings (SSSR count). The van der Waals surface area contributed by atoms with Gasteiger partial charge in [0.1, 0.15) is 11.7 Å². The molecular weight excluding hydrogens is 675 g/mol. The van der Waals surface area contributed by atoms with Crippen molar-refractivity contribution in [3.63, 3.8) is 0 Å². The third-order valence-corrected chi connectivity index (χ3v) is 9.32. The van der Waals surface area contributed by atoms with Gasteiger partial charge in [-0.1, -0.05) is 38.1 Å². The number of aliphatic hydroxyl groups excluding tert-OH is 1. The van der Waals surface area contributed by atoms with Crippen LogP contribution in [0.4, 0.5) is 0 Å². The number of esters is 1. The van der Waals surface area contributed by atoms with Crippen LogP contribution >= 0.6 is 0 Å². The number of aliphatic carboxylic acids is 1. The predicted molar refractivity (Wildman–Crippen MR) is 171 cm³/mol. The summed E-state index contributed by atoms with van der Waals surface area (Å²) in [5.74, 6) is -3.59. The SMILES string of the molecule is C=CC1=C(C)C2=NC1=CC1=NC(=Cc3[n-]c4c(c3C)=C(O)[C@H](C(=O)OC)C=4C3=NC(=C2)[C@@H](C)[C@@H]3CCC(=O)O)C(CC)=C1C=O.[Cu].[K+]. The van der Waals surface area contributed by atoms with E-state index in [4.69, 9.17) is 24.7 Å². The van der Waals surface area contributed by atoms with Gasteiger partial charge in [0.05, 0.1) is 29.9 Å². The number of hydrogen-bond acceptors (Lipinski definition) is 8. The average molecular weight is 708 g/mol. The molecule has 0 saturated carbocycles. The smallest absolute Gasteiger partial charge is 0.657 e. The van der Waals surface area contributed by atoms with Crippen molar-refractivity contribution in [3.8, 4) is 0 Å². The number of aromatic nitrogens is 1. The van der Waals surface area contributed by atoms with E-state index < -0.39 is 17.9 Å². The molecule has 1 aliphatic carbocycles. The van der Waals surface area contributed by atoms with Gasteiger partial charge in [0.25, 0.3) is 0 Å². The number of nitrogens with zero attached hydrogens (tertiary/aromatic N) is 4. The summed E-state index contributed by atoms with van der Waals surface area (Å²) in [6.45, 7) is 11.6. The van der Waals surface area contributed by atoms with E-state index in [1.807, 2.05) is 33.8 Å². The molecule has 1 aromatic rings. The third-order valence-electron chi connectivity index (χ3n) is 9.32. The van der Waals surface area contributed by atoms with Gasteiger partial charge in [0, 0.05) is 63.1 Å². The van der Waals surface area contributed by atoms with Crippen molar-refractivity contribution in [2.24, 2.45) is 32.7 Å². The molecule has 3 atom stereocenters. The molecule has 5 aliphatic rings. The van der Waals surface area contributed by atoms with E-state index in [1.165, 1.54) is 7.11 Å². The predicted octanol–water partition coefficient (Wildman–Crippen LogP) is 0.585. The molecular formula is C35H33CuKN4O6. The number of carboxylic acid groups (broad SMARTS) is 1. The molecule has 12 heteroatoms. The Morgan fingerprint density at radius 2 is 1.79 bits per heavy atom. The number of rotatable bonds is 7. The molecule has 10 nitrogen and oxygen atoms in total. The molecule has 0 spiro atoms. The number of carbonyl (C=O) groups is 3. The number of hydrogen-bond donors (Lipinski definition) is 2. The summed E-state index contributed by atoms with van der Waals surface area (Å²) in [5, 5.41) is 22.0. The standard InChI is InChI=1S/C35H34N4O6.Cu.K/c1-7-18-15(3)22-11-23-16(4)20(9-10-28(41)42)32(38-23)30-31(35(44)45-6)34(43)29-17(5)24(39-33(29)30)12-26-19(8-2)21(14-40)27(37-26)13-25(18)36-22;;/h7,11-14,16,20,31H,1,8-10H2,2-6H3,(H3,36,37,38,39,40,41,42,43);;/q;;+1/p-1/t16-,20-,31+;;/m0../s1. The van der Waals surface area contributed by atoms with Crippen molar-refractivity contribution in [2.45, 2.75) is 47.0 Å². The van der Waals surface area contributed by atoms with Crippen LogP contribution in [-0.2, 0) is 36.2 Å². The Hall–Kier alpha value is -2.96. The van der Waals surface area contributed by atoms with Gasteiger partial charge in [0.2, 0.25) is 0 Å². The molecule has 1 radical (unpaired) electrons. The number of fused-ring (bicyclic) bond motifs is 5. The topological polar surface area (TPSA) is 152 Å². The van der Waals surface area contributed by atoms with Crippen molar-refractivity contribution in [1.82, 2.24) is 4.98 Å². The van der Waals surface area contributed by atoms with E-state index in [0.717, 1.165) is 23.0 Å². The molecule has 8 bridgehead atoms. The molecule has 0 fully saturated rings. The maximum Gasteiger partial charge on any atom is 1.00 e. The first kappa shape index (κ1) is 36.9. The van der Waals surface area contributed by atoms with Crippen molar-refractivity contribution in [3.05, 3.63) is 86.0 Å². The van der Waals surface area contributed by atoms with Gasteiger partial charge in [-0.05, 0) is 55.6 Å². The second-order valence-electron chi connectivity index (χ2n) is 11.7. The fourth-order valence-electron chi connectivity index (χ4n) is 6.90. The fourth-order valence-corrected chi connectivity index (χ4v) is 6.90. The first-order valence-corrected chi connectivity index (χ1v) is 14.9. The van der Waals surface area contributed by atoms with Crippen LogP contribution in [0.3, 0.4) is 0 Å². The fraction of sp³-hybridized carbons (Fsp3) is 0.314. The number of ether oxygens (including phenoxy) is 1. The number of aldehydes is 1. The summed E-state index contributed by atoms with van der Waals surface area (Å²) >= 11 is 0. The Balaban J connectivity index is 0.00000250. The average Bonchev–Trinajstić information content (AvgIpc) is 3.76. The van der Waals surface area contributed by atoms with Crippen LogP contribution in [-0.4, -0.2) is 52.7 Å². The summed E-state index contributed by atoms with van der Waals surface area (Å²) in [4.78, 5) is 57.0. The minimum Gasteiger partial charge on any atom is -0.657 e. The van der Waals surface area contributed by atoms with Gasteiger partial charge in [-0.15, -0.1) is 11.0 Å². The molecule has 0 saturated heterocycles.